The molecule has 1 saturated heterocycles. The lowest BCUT2D eigenvalue weighted by Crippen LogP contribution is -2.55. The Morgan fingerprint density at radius 1 is 1.09 bits per heavy atom. The molecule has 4 rings (SSSR count). The van der Waals surface area contributed by atoms with Crippen molar-refractivity contribution in [3.8, 4) is 5.75 Å². The highest BCUT2D eigenvalue weighted by Crippen LogP contribution is 2.29. The van der Waals surface area contributed by atoms with E-state index in [4.69, 9.17) is 4.74 Å². The fourth-order valence-corrected chi connectivity index (χ4v) is 4.55. The Hall–Kier alpha value is -2.67. The van der Waals surface area contributed by atoms with Gasteiger partial charge in [-0.25, -0.2) is 13.6 Å². The molecule has 2 aliphatic heterocycles. The lowest BCUT2D eigenvalue weighted by Gasteiger charge is -2.40. The third kappa shape index (κ3) is 5.64. The molecular weight excluding hydrogens is 424 g/mol. The molecular formula is C26H33F2N3O2. The van der Waals surface area contributed by atoms with Gasteiger partial charge in [0.25, 0.3) is 0 Å². The molecule has 0 bridgehead atoms. The normalized spacial score (nSPS) is 21.8. The molecule has 7 heteroatoms. The lowest BCUT2D eigenvalue weighted by atomic mass is 10.0. The summed E-state index contributed by atoms with van der Waals surface area (Å²) in [6.07, 6.45) is -0.578. The Balaban J connectivity index is 1.57. The van der Waals surface area contributed by atoms with Crippen LogP contribution < -0.4 is 4.74 Å². The van der Waals surface area contributed by atoms with E-state index in [0.717, 1.165) is 29.0 Å². The van der Waals surface area contributed by atoms with Crippen LogP contribution in [0.1, 0.15) is 37.0 Å². The van der Waals surface area contributed by atoms with Gasteiger partial charge >= 0.3 is 6.03 Å². The standard InChI is InChI=1S/C26H33F2N3O2/c1-18(2)17-33-23-8-4-19(5-9-23)13-30-14-20-6-7-22(27)12-21(20)15-31(26(30)32)25-10-11-29(3)16-24(25)28/h4-9,12,18,24-25H,10-11,13-17H2,1-3H3/t24-,25?/m1/s1. The number of carbonyl (C=O) groups excluding carboxylic acids is 1. The summed E-state index contributed by atoms with van der Waals surface area (Å²) in [6, 6.07) is 11.6. The van der Waals surface area contributed by atoms with Crippen molar-refractivity contribution in [2.45, 2.75) is 52.1 Å². The zero-order valence-electron chi connectivity index (χ0n) is 19.6. The number of halogens is 2. The summed E-state index contributed by atoms with van der Waals surface area (Å²) in [4.78, 5) is 18.9. The van der Waals surface area contributed by atoms with Crippen molar-refractivity contribution in [1.29, 1.82) is 0 Å². The molecule has 0 N–H and O–H groups in total. The molecule has 0 saturated carbocycles. The van der Waals surface area contributed by atoms with E-state index >= 15 is 4.39 Å². The van der Waals surface area contributed by atoms with Crippen molar-refractivity contribution in [1.82, 2.24) is 14.7 Å². The van der Waals surface area contributed by atoms with Gasteiger partial charge in [-0.2, -0.15) is 0 Å². The van der Waals surface area contributed by atoms with E-state index in [9.17, 15) is 9.18 Å². The molecule has 178 valence electrons. The quantitative estimate of drug-likeness (QED) is 0.623. The summed E-state index contributed by atoms with van der Waals surface area (Å²) in [6.45, 7) is 6.83. The predicted molar refractivity (Wildman–Crippen MR) is 124 cm³/mol. The Labute approximate surface area is 194 Å². The number of benzene rings is 2. The van der Waals surface area contributed by atoms with Crippen LogP contribution in [-0.2, 0) is 19.6 Å². The van der Waals surface area contributed by atoms with Crippen LogP contribution in [0.5, 0.6) is 5.75 Å². The fraction of sp³-hybridized carbons (Fsp3) is 0.500. The summed E-state index contributed by atoms with van der Waals surface area (Å²) < 4.78 is 34.8. The van der Waals surface area contributed by atoms with Crippen molar-refractivity contribution in [2.75, 3.05) is 26.7 Å². The maximum Gasteiger partial charge on any atom is 0.321 e. The monoisotopic (exact) mass is 457 g/mol. The molecule has 1 unspecified atom stereocenters. The highest BCUT2D eigenvalue weighted by Gasteiger charge is 2.38. The number of nitrogens with zero attached hydrogens (tertiary/aromatic N) is 3. The number of amides is 2. The summed E-state index contributed by atoms with van der Waals surface area (Å²) in [5.74, 6) is 0.893. The largest absolute Gasteiger partial charge is 0.493 e. The maximum absolute atomic E-state index is 15.0. The van der Waals surface area contributed by atoms with Gasteiger partial charge in [0.15, 0.2) is 0 Å². The fourth-order valence-electron chi connectivity index (χ4n) is 4.55. The molecule has 0 radical (unpaired) electrons. The van der Waals surface area contributed by atoms with Gasteiger partial charge in [-0.05, 0) is 60.3 Å². The number of likely N-dealkylation sites (tertiary alicyclic amines) is 1. The number of ether oxygens (including phenoxy) is 1. The van der Waals surface area contributed by atoms with Gasteiger partial charge < -0.3 is 19.4 Å². The second-order valence-electron chi connectivity index (χ2n) is 9.66. The molecule has 2 aromatic rings. The molecule has 33 heavy (non-hydrogen) atoms. The smallest absolute Gasteiger partial charge is 0.321 e. The van der Waals surface area contributed by atoms with Crippen LogP contribution in [0.25, 0.3) is 0 Å². The van der Waals surface area contributed by atoms with Crippen LogP contribution in [0.15, 0.2) is 42.5 Å². The van der Waals surface area contributed by atoms with Gasteiger partial charge in [0.2, 0.25) is 0 Å². The number of piperidine rings is 1. The lowest BCUT2D eigenvalue weighted by molar-refractivity contribution is 0.0461. The molecule has 1 fully saturated rings. The SMILES string of the molecule is CC(C)COc1ccc(CN2Cc3ccc(F)cc3CN(C3CCN(C)C[C@H]3F)C2=O)cc1. The molecule has 2 amide bonds. The van der Waals surface area contributed by atoms with E-state index in [1.807, 2.05) is 36.2 Å². The molecule has 0 aromatic heterocycles. The van der Waals surface area contributed by atoms with Gasteiger partial charge in [0.05, 0.1) is 12.6 Å². The first-order valence-electron chi connectivity index (χ1n) is 11.7. The van der Waals surface area contributed by atoms with E-state index in [1.165, 1.54) is 12.1 Å². The van der Waals surface area contributed by atoms with Crippen LogP contribution in [0.4, 0.5) is 13.6 Å². The van der Waals surface area contributed by atoms with E-state index < -0.39 is 12.2 Å². The third-order valence-electron chi connectivity index (χ3n) is 6.38. The number of alkyl halides is 1. The average molecular weight is 458 g/mol. The number of urea groups is 1. The van der Waals surface area contributed by atoms with E-state index in [-0.39, 0.29) is 18.4 Å². The number of rotatable bonds is 6. The van der Waals surface area contributed by atoms with Crippen molar-refractivity contribution < 1.29 is 18.3 Å². The minimum atomic E-state index is -1.14. The molecule has 2 atom stereocenters. The summed E-state index contributed by atoms with van der Waals surface area (Å²) in [7, 11) is 1.89. The first-order valence-corrected chi connectivity index (χ1v) is 11.7. The minimum Gasteiger partial charge on any atom is -0.493 e. The van der Waals surface area contributed by atoms with Gasteiger partial charge in [-0.3, -0.25) is 0 Å². The van der Waals surface area contributed by atoms with Crippen LogP contribution in [0, 0.1) is 11.7 Å². The molecule has 2 aliphatic rings. The van der Waals surface area contributed by atoms with E-state index in [2.05, 4.69) is 13.8 Å². The number of fused-ring (bicyclic) bond motifs is 1. The molecule has 5 nitrogen and oxygen atoms in total. The summed E-state index contributed by atoms with van der Waals surface area (Å²) in [5.41, 5.74) is 2.60. The van der Waals surface area contributed by atoms with Gasteiger partial charge in [-0.1, -0.05) is 32.0 Å². The Kier molecular flexibility index (Phi) is 7.17. The predicted octanol–water partition coefficient (Wildman–Crippen LogP) is 4.84. The average Bonchev–Trinajstić information content (AvgIpc) is 2.90. The molecule has 0 spiro atoms. The Morgan fingerprint density at radius 3 is 2.55 bits per heavy atom. The van der Waals surface area contributed by atoms with Crippen molar-refractivity contribution >= 4 is 6.03 Å². The minimum absolute atomic E-state index is 0.205. The van der Waals surface area contributed by atoms with Crippen LogP contribution in [0.2, 0.25) is 0 Å². The highest BCUT2D eigenvalue weighted by molar-refractivity contribution is 5.76. The van der Waals surface area contributed by atoms with Crippen molar-refractivity contribution in [3.05, 3.63) is 65.0 Å². The molecule has 2 aromatic carbocycles. The summed E-state index contributed by atoms with van der Waals surface area (Å²) >= 11 is 0. The van der Waals surface area contributed by atoms with E-state index in [1.54, 1.807) is 15.9 Å². The summed E-state index contributed by atoms with van der Waals surface area (Å²) in [5, 5.41) is 0. The molecule has 2 heterocycles. The second-order valence-corrected chi connectivity index (χ2v) is 9.66. The first kappa shape index (κ1) is 23.5. The Bertz CT molecular complexity index is 967. The van der Waals surface area contributed by atoms with Crippen LogP contribution in [0.3, 0.4) is 0 Å². The van der Waals surface area contributed by atoms with Crippen LogP contribution >= 0.6 is 0 Å². The van der Waals surface area contributed by atoms with Crippen molar-refractivity contribution in [3.63, 3.8) is 0 Å². The molecule has 0 aliphatic carbocycles. The topological polar surface area (TPSA) is 36.0 Å². The zero-order valence-corrected chi connectivity index (χ0v) is 19.6. The maximum atomic E-state index is 15.0. The first-order chi connectivity index (χ1) is 15.8. The number of hydrogen-bond acceptors (Lipinski definition) is 3. The van der Waals surface area contributed by atoms with Crippen LogP contribution in [-0.4, -0.2) is 59.7 Å². The second kappa shape index (κ2) is 10.1. The number of carbonyl (C=O) groups is 1. The zero-order chi connectivity index (χ0) is 23.5. The van der Waals surface area contributed by atoms with Gasteiger partial charge in [0, 0.05) is 32.7 Å². The van der Waals surface area contributed by atoms with Gasteiger partial charge in [0.1, 0.15) is 17.7 Å². The van der Waals surface area contributed by atoms with E-state index in [0.29, 0.717) is 38.6 Å². The number of hydrogen-bond donors (Lipinski definition) is 0. The highest BCUT2D eigenvalue weighted by atomic mass is 19.1. The van der Waals surface area contributed by atoms with Gasteiger partial charge in [-0.15, -0.1) is 0 Å². The van der Waals surface area contributed by atoms with Crippen molar-refractivity contribution in [2.24, 2.45) is 5.92 Å². The Morgan fingerprint density at radius 2 is 1.85 bits per heavy atom. The third-order valence-corrected chi connectivity index (χ3v) is 6.38.